The Hall–Kier alpha value is -1.77. The number of esters is 4. The number of ether oxygens (including phenoxy) is 4. The van der Waals surface area contributed by atoms with E-state index in [1.807, 2.05) is 0 Å². The SMILES string of the molecule is COC(=O)CCC(CC(=O)OC)SC(CCC(=O)OC)CC(=O)OC. The summed E-state index contributed by atoms with van der Waals surface area (Å²) in [5.41, 5.74) is 0. The Balaban J connectivity index is 4.91. The third-order valence-corrected chi connectivity index (χ3v) is 5.00. The molecule has 0 spiro atoms. The summed E-state index contributed by atoms with van der Waals surface area (Å²) >= 11 is 1.36. The van der Waals surface area contributed by atoms with Gasteiger partial charge in [0.2, 0.25) is 0 Å². The zero-order valence-electron chi connectivity index (χ0n) is 15.1. The van der Waals surface area contributed by atoms with E-state index >= 15 is 0 Å². The van der Waals surface area contributed by atoms with Crippen LogP contribution in [0.15, 0.2) is 0 Å². The van der Waals surface area contributed by atoms with E-state index in [2.05, 4.69) is 18.9 Å². The summed E-state index contributed by atoms with van der Waals surface area (Å²) in [7, 11) is 5.16. The molecule has 25 heavy (non-hydrogen) atoms. The Morgan fingerprint density at radius 3 is 1.24 bits per heavy atom. The number of hydrogen-bond acceptors (Lipinski definition) is 9. The van der Waals surface area contributed by atoms with Crippen molar-refractivity contribution in [2.45, 2.75) is 49.0 Å². The lowest BCUT2D eigenvalue weighted by Crippen LogP contribution is -2.21. The second-order valence-electron chi connectivity index (χ2n) is 5.17. The molecule has 2 atom stereocenters. The minimum absolute atomic E-state index is 0.0913. The summed E-state index contributed by atoms with van der Waals surface area (Å²) < 4.78 is 18.6. The first-order chi connectivity index (χ1) is 11.9. The van der Waals surface area contributed by atoms with Crippen LogP contribution in [0.4, 0.5) is 0 Å². The first-order valence-corrected chi connectivity index (χ1v) is 8.73. The lowest BCUT2D eigenvalue weighted by molar-refractivity contribution is -0.142. The third kappa shape index (κ3) is 11.4. The fourth-order valence-electron chi connectivity index (χ4n) is 2.01. The lowest BCUT2D eigenvalue weighted by atomic mass is 10.2. The van der Waals surface area contributed by atoms with Crippen molar-refractivity contribution in [3.8, 4) is 0 Å². The predicted molar refractivity (Wildman–Crippen MR) is 90.9 cm³/mol. The number of thioether (sulfide) groups is 1. The summed E-state index contributed by atoms with van der Waals surface area (Å²) in [6, 6.07) is 0. The van der Waals surface area contributed by atoms with Gasteiger partial charge in [-0.05, 0) is 12.8 Å². The maximum atomic E-state index is 11.6. The monoisotopic (exact) mass is 378 g/mol. The molecule has 8 nitrogen and oxygen atoms in total. The van der Waals surface area contributed by atoms with Crippen LogP contribution in [0, 0.1) is 0 Å². The molecule has 0 rings (SSSR count). The fraction of sp³-hybridized carbons (Fsp3) is 0.750. The fourth-order valence-corrected chi connectivity index (χ4v) is 3.53. The van der Waals surface area contributed by atoms with Gasteiger partial charge in [-0.15, -0.1) is 0 Å². The van der Waals surface area contributed by atoms with E-state index in [1.54, 1.807) is 0 Å². The molecule has 0 fully saturated rings. The molecule has 0 aromatic rings. The average Bonchev–Trinajstić information content (AvgIpc) is 2.62. The highest BCUT2D eigenvalue weighted by Gasteiger charge is 2.24. The zero-order chi connectivity index (χ0) is 19.2. The Kier molecular flexibility index (Phi) is 12.6. The predicted octanol–water partition coefficient (Wildman–Crippen LogP) is 1.49. The Morgan fingerprint density at radius 1 is 0.640 bits per heavy atom. The number of rotatable bonds is 12. The molecule has 0 heterocycles. The van der Waals surface area contributed by atoms with E-state index in [4.69, 9.17) is 0 Å². The van der Waals surface area contributed by atoms with Crippen molar-refractivity contribution < 1.29 is 38.1 Å². The quantitative estimate of drug-likeness (QED) is 0.369. The highest BCUT2D eigenvalue weighted by atomic mass is 32.2. The second-order valence-corrected chi connectivity index (χ2v) is 6.78. The molecule has 0 radical (unpaired) electrons. The Morgan fingerprint density at radius 2 is 0.960 bits per heavy atom. The highest BCUT2D eigenvalue weighted by molar-refractivity contribution is 8.00. The van der Waals surface area contributed by atoms with Crippen LogP contribution in [0.3, 0.4) is 0 Å². The molecule has 0 bridgehead atoms. The normalized spacial score (nSPS) is 12.6. The smallest absolute Gasteiger partial charge is 0.306 e. The van der Waals surface area contributed by atoms with Crippen molar-refractivity contribution in [1.82, 2.24) is 0 Å². The highest BCUT2D eigenvalue weighted by Crippen LogP contribution is 2.30. The van der Waals surface area contributed by atoms with Crippen LogP contribution in [0.25, 0.3) is 0 Å². The van der Waals surface area contributed by atoms with Gasteiger partial charge in [0.15, 0.2) is 0 Å². The van der Waals surface area contributed by atoms with Crippen molar-refractivity contribution in [2.24, 2.45) is 0 Å². The number of carbonyl (C=O) groups excluding carboxylic acids is 4. The third-order valence-electron chi connectivity index (χ3n) is 3.43. The largest absolute Gasteiger partial charge is 0.469 e. The van der Waals surface area contributed by atoms with Gasteiger partial charge in [-0.3, -0.25) is 19.2 Å². The molecule has 144 valence electrons. The van der Waals surface area contributed by atoms with Crippen LogP contribution in [-0.4, -0.2) is 62.8 Å². The summed E-state index contributed by atoms with van der Waals surface area (Å²) in [4.78, 5) is 45.9. The van der Waals surface area contributed by atoms with E-state index in [0.717, 1.165) is 0 Å². The summed E-state index contributed by atoms with van der Waals surface area (Å²) in [6.45, 7) is 0. The summed E-state index contributed by atoms with van der Waals surface area (Å²) in [5, 5.41) is -0.502. The van der Waals surface area contributed by atoms with E-state index in [1.165, 1.54) is 40.2 Å². The first-order valence-electron chi connectivity index (χ1n) is 7.78. The van der Waals surface area contributed by atoms with Crippen molar-refractivity contribution >= 4 is 35.6 Å². The molecule has 0 aliphatic carbocycles. The van der Waals surface area contributed by atoms with Crippen LogP contribution in [-0.2, 0) is 38.1 Å². The topological polar surface area (TPSA) is 105 Å². The maximum absolute atomic E-state index is 11.6. The van der Waals surface area contributed by atoms with Gasteiger partial charge in [0.05, 0.1) is 41.3 Å². The van der Waals surface area contributed by atoms with E-state index < -0.39 is 11.9 Å². The van der Waals surface area contributed by atoms with Gasteiger partial charge in [-0.1, -0.05) is 0 Å². The molecule has 0 saturated carbocycles. The van der Waals surface area contributed by atoms with E-state index in [0.29, 0.717) is 12.8 Å². The molecule has 9 heteroatoms. The maximum Gasteiger partial charge on any atom is 0.306 e. The molecule has 0 aliphatic rings. The van der Waals surface area contributed by atoms with Crippen LogP contribution in [0.1, 0.15) is 38.5 Å². The van der Waals surface area contributed by atoms with Crippen LogP contribution in [0.5, 0.6) is 0 Å². The minimum atomic E-state index is -0.410. The summed E-state index contributed by atoms with van der Waals surface area (Å²) in [5.74, 6) is -1.58. The van der Waals surface area contributed by atoms with Crippen LogP contribution < -0.4 is 0 Å². The van der Waals surface area contributed by atoms with E-state index in [9.17, 15) is 19.2 Å². The molecule has 0 N–H and O–H groups in total. The zero-order valence-corrected chi connectivity index (χ0v) is 15.9. The van der Waals surface area contributed by atoms with Gasteiger partial charge < -0.3 is 18.9 Å². The van der Waals surface area contributed by atoms with Crippen molar-refractivity contribution in [1.29, 1.82) is 0 Å². The molecule has 0 amide bonds. The first kappa shape index (κ1) is 23.2. The molecule has 0 aliphatic heterocycles. The molecular formula is C16H26O8S. The average molecular weight is 378 g/mol. The minimum Gasteiger partial charge on any atom is -0.469 e. The van der Waals surface area contributed by atoms with Crippen molar-refractivity contribution in [3.63, 3.8) is 0 Å². The van der Waals surface area contributed by atoms with Gasteiger partial charge in [0, 0.05) is 23.3 Å². The number of carbonyl (C=O) groups is 4. The van der Waals surface area contributed by atoms with E-state index in [-0.39, 0.29) is 48.1 Å². The number of methoxy groups -OCH3 is 4. The number of hydrogen-bond donors (Lipinski definition) is 0. The Labute approximate surface area is 151 Å². The molecular weight excluding hydrogens is 352 g/mol. The van der Waals surface area contributed by atoms with Gasteiger partial charge in [-0.25, -0.2) is 0 Å². The van der Waals surface area contributed by atoms with Gasteiger partial charge in [0.25, 0.3) is 0 Å². The molecule has 0 aromatic heterocycles. The van der Waals surface area contributed by atoms with Gasteiger partial charge >= 0.3 is 23.9 Å². The Bertz CT molecular complexity index is 411. The molecule has 2 unspecified atom stereocenters. The standard InChI is InChI=1S/C16H26O8S/c1-21-13(17)7-5-11(9-15(19)23-3)25-12(10-16(20)24-4)6-8-14(18)22-2/h11-12H,5-10H2,1-4H3. The van der Waals surface area contributed by atoms with Crippen LogP contribution in [0.2, 0.25) is 0 Å². The van der Waals surface area contributed by atoms with Crippen molar-refractivity contribution in [2.75, 3.05) is 28.4 Å². The van der Waals surface area contributed by atoms with Gasteiger partial charge in [-0.2, -0.15) is 11.8 Å². The lowest BCUT2D eigenvalue weighted by Gasteiger charge is -2.21. The van der Waals surface area contributed by atoms with Crippen molar-refractivity contribution in [3.05, 3.63) is 0 Å². The molecule has 0 saturated heterocycles. The summed E-state index contributed by atoms with van der Waals surface area (Å²) in [6.07, 6.45) is 1.26. The molecule has 0 aromatic carbocycles. The van der Waals surface area contributed by atoms with Crippen LogP contribution >= 0.6 is 11.8 Å². The van der Waals surface area contributed by atoms with Gasteiger partial charge in [0.1, 0.15) is 0 Å². The second kappa shape index (κ2) is 13.5.